The topological polar surface area (TPSA) is 50.0 Å². The van der Waals surface area contributed by atoms with E-state index in [1.807, 2.05) is 37.1 Å². The van der Waals surface area contributed by atoms with Crippen LogP contribution in [0.5, 0.6) is 0 Å². The number of aromatic nitrogens is 3. The van der Waals surface area contributed by atoms with Crippen molar-refractivity contribution >= 4 is 36.0 Å². The maximum Gasteiger partial charge on any atom is 0.217 e. The lowest BCUT2D eigenvalue weighted by atomic mass is 10.2. The van der Waals surface area contributed by atoms with Crippen LogP contribution in [-0.2, 0) is 13.2 Å². The highest BCUT2D eigenvalue weighted by Crippen LogP contribution is 2.20. The molecule has 0 spiro atoms. The Bertz CT molecular complexity index is 971. The number of hydrogen-bond acceptors (Lipinski definition) is 4. The van der Waals surface area contributed by atoms with E-state index in [0.29, 0.717) is 34.4 Å². The van der Waals surface area contributed by atoms with E-state index in [2.05, 4.69) is 10.1 Å². The van der Waals surface area contributed by atoms with E-state index in [1.165, 1.54) is 6.07 Å². The molecule has 8 heteroatoms. The number of halogens is 2. The molecule has 3 rings (SSSR count). The minimum Gasteiger partial charge on any atom is -0.462 e. The lowest BCUT2D eigenvalue weighted by Gasteiger charge is -2.18. The summed E-state index contributed by atoms with van der Waals surface area (Å²) in [6.07, 6.45) is 3.60. The standard InChI is InChI=1S/C18H18ClFN4OS/c1-12-6-7-13(25-12)8-9-17-21-18(26)24(22-17)11-23(2)10-14-15(19)4-3-5-16(14)20/h3-9H,10-11H2,1-2H3,(H,21,22,26)/b9-8+. The SMILES string of the molecule is Cc1ccc(/C=C/c2nc(=S)n(CN(C)Cc3c(F)cccc3Cl)[nH]2)o1. The van der Waals surface area contributed by atoms with Gasteiger partial charge >= 0.3 is 0 Å². The van der Waals surface area contributed by atoms with Crippen molar-refractivity contribution in [2.45, 2.75) is 20.1 Å². The lowest BCUT2D eigenvalue weighted by Crippen LogP contribution is -2.23. The summed E-state index contributed by atoms with van der Waals surface area (Å²) in [5, 5.41) is 3.51. The number of aryl methyl sites for hydroxylation is 1. The van der Waals surface area contributed by atoms with Crippen molar-refractivity contribution in [2.75, 3.05) is 7.05 Å². The van der Waals surface area contributed by atoms with Crippen LogP contribution in [0.15, 0.2) is 34.7 Å². The molecule has 5 nitrogen and oxygen atoms in total. The Morgan fingerprint density at radius 1 is 1.35 bits per heavy atom. The molecule has 1 aromatic carbocycles. The van der Waals surface area contributed by atoms with Crippen molar-refractivity contribution in [3.63, 3.8) is 0 Å². The van der Waals surface area contributed by atoms with Crippen molar-refractivity contribution in [1.29, 1.82) is 0 Å². The van der Waals surface area contributed by atoms with Crippen LogP contribution in [0.3, 0.4) is 0 Å². The van der Waals surface area contributed by atoms with Gasteiger partial charge in [-0.3, -0.25) is 10.00 Å². The highest BCUT2D eigenvalue weighted by molar-refractivity contribution is 7.71. The third-order valence-electron chi connectivity index (χ3n) is 3.74. The summed E-state index contributed by atoms with van der Waals surface area (Å²) in [6, 6.07) is 8.43. The van der Waals surface area contributed by atoms with Gasteiger partial charge in [-0.05, 0) is 62.6 Å². The number of furan rings is 1. The van der Waals surface area contributed by atoms with E-state index in [9.17, 15) is 4.39 Å². The van der Waals surface area contributed by atoms with Gasteiger partial charge in [-0.1, -0.05) is 17.7 Å². The number of aromatic amines is 1. The average molecular weight is 393 g/mol. The second-order valence-electron chi connectivity index (χ2n) is 5.96. The predicted octanol–water partition coefficient (Wildman–Crippen LogP) is 4.89. The van der Waals surface area contributed by atoms with Crippen LogP contribution in [-0.4, -0.2) is 26.7 Å². The molecule has 2 aromatic heterocycles. The van der Waals surface area contributed by atoms with Gasteiger partial charge in [-0.2, -0.15) is 4.98 Å². The summed E-state index contributed by atoms with van der Waals surface area (Å²) in [5.74, 6) is 1.87. The molecule has 0 saturated heterocycles. The van der Waals surface area contributed by atoms with Crippen molar-refractivity contribution in [3.05, 3.63) is 68.9 Å². The summed E-state index contributed by atoms with van der Waals surface area (Å²) in [6.45, 7) is 2.66. The second kappa shape index (κ2) is 7.99. The van der Waals surface area contributed by atoms with E-state index >= 15 is 0 Å². The molecule has 0 aliphatic carbocycles. The van der Waals surface area contributed by atoms with E-state index in [1.54, 1.807) is 22.9 Å². The fourth-order valence-electron chi connectivity index (χ4n) is 2.49. The van der Waals surface area contributed by atoms with Gasteiger partial charge in [0.05, 0.1) is 6.67 Å². The third kappa shape index (κ3) is 4.49. The van der Waals surface area contributed by atoms with Crippen LogP contribution in [0.2, 0.25) is 5.02 Å². The average Bonchev–Trinajstić information content (AvgIpc) is 3.15. The number of rotatable bonds is 6. The van der Waals surface area contributed by atoms with Crippen LogP contribution in [0, 0.1) is 17.5 Å². The third-order valence-corrected chi connectivity index (χ3v) is 4.40. The minimum absolute atomic E-state index is 0.324. The van der Waals surface area contributed by atoms with Crippen molar-refractivity contribution in [3.8, 4) is 0 Å². The Hall–Kier alpha value is -2.22. The van der Waals surface area contributed by atoms with E-state index in [-0.39, 0.29) is 5.82 Å². The maximum absolute atomic E-state index is 13.9. The van der Waals surface area contributed by atoms with Crippen LogP contribution in [0.25, 0.3) is 12.2 Å². The molecule has 0 aliphatic heterocycles. The fourth-order valence-corrected chi connectivity index (χ4v) is 2.92. The zero-order valence-electron chi connectivity index (χ0n) is 14.4. The molecule has 0 radical (unpaired) electrons. The Balaban J connectivity index is 1.69. The molecule has 0 unspecified atom stereocenters. The summed E-state index contributed by atoms with van der Waals surface area (Å²) >= 11 is 11.4. The summed E-state index contributed by atoms with van der Waals surface area (Å²) in [4.78, 5) is 6.19. The molecule has 26 heavy (non-hydrogen) atoms. The van der Waals surface area contributed by atoms with Gasteiger partial charge in [0.15, 0.2) is 0 Å². The van der Waals surface area contributed by atoms with Crippen molar-refractivity contribution < 1.29 is 8.81 Å². The monoisotopic (exact) mass is 392 g/mol. The molecule has 0 bridgehead atoms. The molecule has 136 valence electrons. The predicted molar refractivity (Wildman–Crippen MR) is 103 cm³/mol. The van der Waals surface area contributed by atoms with E-state index < -0.39 is 0 Å². The Morgan fingerprint density at radius 3 is 2.85 bits per heavy atom. The molecule has 0 fully saturated rings. The van der Waals surface area contributed by atoms with Crippen molar-refractivity contribution in [2.24, 2.45) is 0 Å². The zero-order chi connectivity index (χ0) is 18.7. The van der Waals surface area contributed by atoms with Crippen LogP contribution >= 0.6 is 23.8 Å². The first kappa shape index (κ1) is 18.6. The second-order valence-corrected chi connectivity index (χ2v) is 6.73. The van der Waals surface area contributed by atoms with E-state index in [4.69, 9.17) is 28.2 Å². The Kier molecular flexibility index (Phi) is 5.70. The number of hydrogen-bond donors (Lipinski definition) is 1. The van der Waals surface area contributed by atoms with Gasteiger partial charge in [-0.25, -0.2) is 9.07 Å². The van der Waals surface area contributed by atoms with E-state index in [0.717, 1.165) is 11.5 Å². The van der Waals surface area contributed by atoms with Gasteiger partial charge in [0.1, 0.15) is 23.2 Å². The number of H-pyrrole nitrogens is 1. The number of nitrogens with zero attached hydrogens (tertiary/aromatic N) is 3. The largest absolute Gasteiger partial charge is 0.462 e. The molecule has 1 N–H and O–H groups in total. The number of nitrogens with one attached hydrogen (secondary N) is 1. The maximum atomic E-state index is 13.9. The Labute approximate surface area is 160 Å². The molecule has 0 atom stereocenters. The summed E-state index contributed by atoms with van der Waals surface area (Å²) in [7, 11) is 1.85. The fraction of sp³-hybridized carbons (Fsp3) is 0.222. The summed E-state index contributed by atoms with van der Waals surface area (Å²) in [5.41, 5.74) is 0.455. The first-order valence-corrected chi connectivity index (χ1v) is 8.74. The molecule has 0 amide bonds. The first-order chi connectivity index (χ1) is 12.4. The molecule has 2 heterocycles. The normalized spacial score (nSPS) is 11.7. The van der Waals surface area contributed by atoms with Crippen LogP contribution < -0.4 is 0 Å². The first-order valence-electron chi connectivity index (χ1n) is 7.95. The molecular formula is C18H18ClFN4OS. The van der Waals surface area contributed by atoms with Gasteiger partial charge in [-0.15, -0.1) is 0 Å². The highest BCUT2D eigenvalue weighted by Gasteiger charge is 2.11. The molecular weight excluding hydrogens is 375 g/mol. The molecule has 0 aliphatic rings. The minimum atomic E-state index is -0.324. The van der Waals surface area contributed by atoms with Crippen LogP contribution in [0.4, 0.5) is 4.39 Å². The summed E-state index contributed by atoms with van der Waals surface area (Å²) < 4.78 is 21.5. The van der Waals surface area contributed by atoms with Gasteiger partial charge in [0.25, 0.3) is 0 Å². The van der Waals surface area contributed by atoms with Crippen molar-refractivity contribution in [1.82, 2.24) is 19.7 Å². The lowest BCUT2D eigenvalue weighted by molar-refractivity contribution is 0.241. The molecule has 3 aromatic rings. The zero-order valence-corrected chi connectivity index (χ0v) is 15.9. The Morgan fingerprint density at radius 2 is 2.15 bits per heavy atom. The van der Waals surface area contributed by atoms with Gasteiger partial charge < -0.3 is 4.42 Å². The van der Waals surface area contributed by atoms with Gasteiger partial charge in [0, 0.05) is 17.1 Å². The highest BCUT2D eigenvalue weighted by atomic mass is 35.5. The van der Waals surface area contributed by atoms with Crippen LogP contribution in [0.1, 0.15) is 22.9 Å². The number of benzene rings is 1. The molecule has 0 saturated carbocycles. The smallest absolute Gasteiger partial charge is 0.217 e. The quantitative estimate of drug-likeness (QED) is 0.606. The van der Waals surface area contributed by atoms with Gasteiger partial charge in [0.2, 0.25) is 4.77 Å².